The number of likely N-dealkylation sites (tertiary alicyclic amines) is 1. The van der Waals surface area contributed by atoms with E-state index < -0.39 is 23.7 Å². The van der Waals surface area contributed by atoms with Gasteiger partial charge in [0.25, 0.3) is 0 Å². The number of hydrogen-bond acceptors (Lipinski definition) is 3. The number of halogens is 3. The molecule has 2 aliphatic rings. The van der Waals surface area contributed by atoms with Gasteiger partial charge in [0.2, 0.25) is 5.91 Å². The van der Waals surface area contributed by atoms with Gasteiger partial charge in [-0.15, -0.1) is 0 Å². The van der Waals surface area contributed by atoms with Crippen LogP contribution in [-0.2, 0) is 4.79 Å². The second kappa shape index (κ2) is 5.52. The van der Waals surface area contributed by atoms with Crippen molar-refractivity contribution in [3.8, 4) is 0 Å². The van der Waals surface area contributed by atoms with E-state index in [-0.39, 0.29) is 31.8 Å². The van der Waals surface area contributed by atoms with Crippen LogP contribution in [0.5, 0.6) is 0 Å². The van der Waals surface area contributed by atoms with Crippen molar-refractivity contribution in [2.24, 2.45) is 5.92 Å². The van der Waals surface area contributed by atoms with Gasteiger partial charge in [-0.25, -0.2) is 0 Å². The zero-order chi connectivity index (χ0) is 15.0. The molecule has 2 saturated heterocycles. The minimum atomic E-state index is -4.20. The third-order valence-electron chi connectivity index (χ3n) is 4.16. The molecule has 1 amide bonds. The molecule has 2 N–H and O–H groups in total. The van der Waals surface area contributed by atoms with E-state index in [2.05, 4.69) is 5.32 Å². The first kappa shape index (κ1) is 15.6. The predicted octanol–water partition coefficient (Wildman–Crippen LogP) is 1.29. The van der Waals surface area contributed by atoms with Gasteiger partial charge in [-0.3, -0.25) is 4.79 Å². The quantitative estimate of drug-likeness (QED) is 0.766. The van der Waals surface area contributed by atoms with Crippen molar-refractivity contribution in [3.63, 3.8) is 0 Å². The summed E-state index contributed by atoms with van der Waals surface area (Å²) in [6.45, 7) is 2.30. The van der Waals surface area contributed by atoms with Crippen LogP contribution in [0.2, 0.25) is 0 Å². The fourth-order valence-electron chi connectivity index (χ4n) is 2.98. The first-order chi connectivity index (χ1) is 9.19. The monoisotopic (exact) mass is 294 g/mol. The molecule has 0 radical (unpaired) electrons. The van der Waals surface area contributed by atoms with Crippen molar-refractivity contribution in [2.45, 2.75) is 50.4 Å². The van der Waals surface area contributed by atoms with Crippen molar-refractivity contribution in [2.75, 3.05) is 19.6 Å². The van der Waals surface area contributed by atoms with Crippen molar-refractivity contribution in [1.29, 1.82) is 0 Å². The number of piperidine rings is 2. The first-order valence-corrected chi connectivity index (χ1v) is 7.00. The zero-order valence-corrected chi connectivity index (χ0v) is 11.5. The highest BCUT2D eigenvalue weighted by molar-refractivity contribution is 5.82. The summed E-state index contributed by atoms with van der Waals surface area (Å²) in [6, 6.07) is -0.553. The van der Waals surface area contributed by atoms with E-state index in [9.17, 15) is 23.1 Å². The second-order valence-corrected chi connectivity index (χ2v) is 6.14. The van der Waals surface area contributed by atoms with Crippen LogP contribution in [0.3, 0.4) is 0 Å². The number of carbonyl (C=O) groups is 1. The summed E-state index contributed by atoms with van der Waals surface area (Å²) < 4.78 is 37.7. The predicted molar refractivity (Wildman–Crippen MR) is 67.0 cm³/mol. The van der Waals surface area contributed by atoms with E-state index >= 15 is 0 Å². The number of rotatable bonds is 1. The van der Waals surface area contributed by atoms with Crippen LogP contribution < -0.4 is 5.32 Å². The van der Waals surface area contributed by atoms with Crippen molar-refractivity contribution in [3.05, 3.63) is 0 Å². The van der Waals surface area contributed by atoms with Gasteiger partial charge in [0.05, 0.1) is 17.6 Å². The lowest BCUT2D eigenvalue weighted by Crippen LogP contribution is -2.56. The highest BCUT2D eigenvalue weighted by Gasteiger charge is 2.43. The van der Waals surface area contributed by atoms with E-state index in [4.69, 9.17) is 0 Å². The number of hydrogen-bond donors (Lipinski definition) is 2. The molecule has 4 nitrogen and oxygen atoms in total. The van der Waals surface area contributed by atoms with Crippen LogP contribution in [0, 0.1) is 5.92 Å². The molecule has 3 unspecified atom stereocenters. The number of carbonyl (C=O) groups excluding carboxylic acids is 1. The fourth-order valence-corrected chi connectivity index (χ4v) is 2.98. The number of alkyl halides is 3. The Labute approximate surface area is 116 Å². The summed E-state index contributed by atoms with van der Waals surface area (Å²) in [5, 5.41) is 12.7. The van der Waals surface area contributed by atoms with Crippen LogP contribution in [0.25, 0.3) is 0 Å². The molecule has 0 aromatic carbocycles. The van der Waals surface area contributed by atoms with Gasteiger partial charge in [0.15, 0.2) is 0 Å². The average molecular weight is 294 g/mol. The molecule has 2 rings (SSSR count). The van der Waals surface area contributed by atoms with Gasteiger partial charge in [-0.1, -0.05) is 0 Å². The molecule has 20 heavy (non-hydrogen) atoms. The molecule has 0 aromatic heterocycles. The number of nitrogens with one attached hydrogen (secondary N) is 1. The van der Waals surface area contributed by atoms with Crippen LogP contribution >= 0.6 is 0 Å². The molecular weight excluding hydrogens is 273 g/mol. The van der Waals surface area contributed by atoms with Crippen LogP contribution in [0.4, 0.5) is 13.2 Å². The Balaban J connectivity index is 1.89. The van der Waals surface area contributed by atoms with Crippen molar-refractivity contribution in [1.82, 2.24) is 10.2 Å². The summed E-state index contributed by atoms with van der Waals surface area (Å²) in [6.07, 6.45) is -2.66. The minimum absolute atomic E-state index is 0.0167. The van der Waals surface area contributed by atoms with Crippen molar-refractivity contribution >= 4 is 5.91 Å². The normalized spacial score (nSPS) is 36.0. The number of nitrogens with zero attached hydrogens (tertiary/aromatic N) is 1. The molecule has 0 bridgehead atoms. The van der Waals surface area contributed by atoms with Gasteiger partial charge < -0.3 is 15.3 Å². The number of aliphatic hydroxyl groups is 1. The molecule has 0 aromatic rings. The topological polar surface area (TPSA) is 52.6 Å². The van der Waals surface area contributed by atoms with Crippen LogP contribution in [0.15, 0.2) is 0 Å². The van der Waals surface area contributed by atoms with Crippen LogP contribution in [0.1, 0.15) is 32.6 Å². The average Bonchev–Trinajstić information content (AvgIpc) is 2.36. The Morgan fingerprint density at radius 1 is 1.40 bits per heavy atom. The Kier molecular flexibility index (Phi) is 4.30. The standard InChI is InChI=1S/C13H21F3N2O2/c1-12(20)5-2-6-18(8-12)11(19)10-4-3-9(7-17-10)13(14,15)16/h9-10,17,20H,2-8H2,1H3. The van der Waals surface area contributed by atoms with Gasteiger partial charge in [0, 0.05) is 19.6 Å². The summed E-state index contributed by atoms with van der Waals surface area (Å²) in [4.78, 5) is 13.8. The Morgan fingerprint density at radius 3 is 2.60 bits per heavy atom. The summed E-state index contributed by atoms with van der Waals surface area (Å²) in [5.74, 6) is -1.55. The maximum absolute atomic E-state index is 12.6. The summed E-state index contributed by atoms with van der Waals surface area (Å²) >= 11 is 0. The lowest BCUT2D eigenvalue weighted by Gasteiger charge is -2.40. The molecule has 0 spiro atoms. The Morgan fingerprint density at radius 2 is 2.10 bits per heavy atom. The SMILES string of the molecule is CC1(O)CCCN(C(=O)C2CCC(C(F)(F)F)CN2)C1. The van der Waals surface area contributed by atoms with E-state index in [0.29, 0.717) is 13.0 Å². The number of β-amino-alcohol motifs (C(OH)–C–C–N with tert-alkyl or cyclic N) is 1. The van der Waals surface area contributed by atoms with E-state index in [0.717, 1.165) is 6.42 Å². The Hall–Kier alpha value is -0.820. The van der Waals surface area contributed by atoms with Gasteiger partial charge >= 0.3 is 6.18 Å². The summed E-state index contributed by atoms with van der Waals surface area (Å²) in [7, 11) is 0. The fraction of sp³-hybridized carbons (Fsp3) is 0.923. The molecule has 0 aliphatic carbocycles. The maximum Gasteiger partial charge on any atom is 0.393 e. The minimum Gasteiger partial charge on any atom is -0.388 e. The van der Waals surface area contributed by atoms with E-state index in [1.165, 1.54) is 0 Å². The zero-order valence-electron chi connectivity index (χ0n) is 11.5. The van der Waals surface area contributed by atoms with E-state index in [1.54, 1.807) is 11.8 Å². The summed E-state index contributed by atoms with van der Waals surface area (Å²) in [5.41, 5.74) is -0.892. The third kappa shape index (κ3) is 3.63. The van der Waals surface area contributed by atoms with Gasteiger partial charge in [-0.2, -0.15) is 13.2 Å². The van der Waals surface area contributed by atoms with E-state index in [1.807, 2.05) is 0 Å². The Bertz CT molecular complexity index is 363. The smallest absolute Gasteiger partial charge is 0.388 e. The molecule has 2 fully saturated rings. The van der Waals surface area contributed by atoms with Crippen LogP contribution in [-0.4, -0.2) is 53.4 Å². The molecular formula is C13H21F3N2O2. The lowest BCUT2D eigenvalue weighted by molar-refractivity contribution is -0.181. The third-order valence-corrected chi connectivity index (χ3v) is 4.16. The molecule has 3 atom stereocenters. The number of amides is 1. The molecule has 2 aliphatic heterocycles. The lowest BCUT2D eigenvalue weighted by atomic mass is 9.91. The maximum atomic E-state index is 12.6. The highest BCUT2D eigenvalue weighted by atomic mass is 19.4. The second-order valence-electron chi connectivity index (χ2n) is 6.14. The molecule has 7 heteroatoms. The first-order valence-electron chi connectivity index (χ1n) is 7.00. The molecule has 0 saturated carbocycles. The largest absolute Gasteiger partial charge is 0.393 e. The highest BCUT2D eigenvalue weighted by Crippen LogP contribution is 2.32. The molecule has 2 heterocycles. The van der Waals surface area contributed by atoms with Gasteiger partial charge in [0.1, 0.15) is 0 Å². The van der Waals surface area contributed by atoms with Crippen molar-refractivity contribution < 1.29 is 23.1 Å². The van der Waals surface area contributed by atoms with Gasteiger partial charge in [-0.05, 0) is 32.6 Å². The molecule has 116 valence electrons.